The standard InChI is InChI=1S/C15H28N6O2.ClH/c1-12(22)10-13-11-21(19-18-13)14(4-2-3-5-16)15(23)20-8-6-17-7-9-20;/h11-12,14,17,22H,2-10,16H2,1H3;1H/p-1. The van der Waals surface area contributed by atoms with E-state index < -0.39 is 6.10 Å². The monoisotopic (exact) mass is 359 g/mol. The fourth-order valence-corrected chi connectivity index (χ4v) is 2.81. The summed E-state index contributed by atoms with van der Waals surface area (Å²) in [5.41, 5.74) is 6.27. The number of halogens is 1. The predicted octanol–water partition coefficient (Wildman–Crippen LogP) is -3.69. The van der Waals surface area contributed by atoms with Crippen molar-refractivity contribution in [3.63, 3.8) is 0 Å². The number of nitrogens with zero attached hydrogens (tertiary/aromatic N) is 4. The summed E-state index contributed by atoms with van der Waals surface area (Å²) in [7, 11) is 0. The molecule has 1 saturated heterocycles. The lowest BCUT2D eigenvalue weighted by atomic mass is 10.1. The Hall–Kier alpha value is -1.22. The maximum atomic E-state index is 12.9. The number of piperazine rings is 1. The quantitative estimate of drug-likeness (QED) is 0.412. The van der Waals surface area contributed by atoms with Gasteiger partial charge in [0.2, 0.25) is 5.91 Å². The molecule has 9 heteroatoms. The molecule has 8 nitrogen and oxygen atoms in total. The van der Waals surface area contributed by atoms with E-state index in [1.165, 1.54) is 0 Å². The van der Waals surface area contributed by atoms with E-state index in [9.17, 15) is 9.90 Å². The summed E-state index contributed by atoms with van der Waals surface area (Å²) in [4.78, 5) is 14.7. The summed E-state index contributed by atoms with van der Waals surface area (Å²) in [6, 6.07) is -0.338. The molecular formula is C15H28ClN6O2-. The number of carbonyl (C=O) groups is 1. The number of carbonyl (C=O) groups excluding carboxylic acids is 1. The van der Waals surface area contributed by atoms with E-state index in [-0.39, 0.29) is 24.4 Å². The fraction of sp³-hybridized carbons (Fsp3) is 0.800. The molecule has 1 aromatic rings. The van der Waals surface area contributed by atoms with Gasteiger partial charge < -0.3 is 33.5 Å². The van der Waals surface area contributed by atoms with Crippen LogP contribution < -0.4 is 23.5 Å². The van der Waals surface area contributed by atoms with Crippen LogP contribution in [-0.2, 0) is 11.2 Å². The van der Waals surface area contributed by atoms with Gasteiger partial charge in [-0.25, -0.2) is 4.68 Å². The molecule has 2 atom stereocenters. The maximum Gasteiger partial charge on any atom is 0.247 e. The average molecular weight is 360 g/mol. The Bertz CT molecular complexity index is 490. The van der Waals surface area contributed by atoms with Crippen LogP contribution in [0.15, 0.2) is 6.20 Å². The summed E-state index contributed by atoms with van der Waals surface area (Å²) in [6.45, 7) is 5.43. The minimum atomic E-state index is -0.472. The van der Waals surface area contributed by atoms with E-state index in [1.54, 1.807) is 17.8 Å². The molecule has 0 bridgehead atoms. The Kier molecular flexibility index (Phi) is 9.20. The molecule has 1 aliphatic rings. The second kappa shape index (κ2) is 10.6. The van der Waals surface area contributed by atoms with Crippen molar-refractivity contribution in [1.29, 1.82) is 0 Å². The first-order chi connectivity index (χ1) is 11.1. The van der Waals surface area contributed by atoms with E-state index in [1.807, 2.05) is 4.90 Å². The van der Waals surface area contributed by atoms with Gasteiger partial charge in [-0.3, -0.25) is 4.79 Å². The molecule has 0 aromatic carbocycles. The summed E-state index contributed by atoms with van der Waals surface area (Å²) in [6.07, 6.45) is 4.22. The Labute approximate surface area is 149 Å². The number of amides is 1. The third-order valence-corrected chi connectivity index (χ3v) is 4.03. The van der Waals surface area contributed by atoms with Gasteiger partial charge in [-0.05, 0) is 32.7 Å². The molecular weight excluding hydrogens is 332 g/mol. The van der Waals surface area contributed by atoms with Gasteiger partial charge in [-0.1, -0.05) is 5.21 Å². The average Bonchev–Trinajstić information content (AvgIpc) is 2.99. The van der Waals surface area contributed by atoms with E-state index in [0.29, 0.717) is 25.1 Å². The molecule has 1 aliphatic heterocycles. The minimum absolute atomic E-state index is 0. The lowest BCUT2D eigenvalue weighted by Gasteiger charge is -2.30. The highest BCUT2D eigenvalue weighted by Gasteiger charge is 2.27. The maximum absolute atomic E-state index is 12.9. The molecule has 4 N–H and O–H groups in total. The SMILES string of the molecule is CC(O)Cc1cn(C(CCCCN)C(=O)N2CCNCC2)nn1.[Cl-]. The van der Waals surface area contributed by atoms with Gasteiger partial charge in [0.15, 0.2) is 0 Å². The van der Waals surface area contributed by atoms with E-state index >= 15 is 0 Å². The van der Waals surface area contributed by atoms with Gasteiger partial charge in [-0.2, -0.15) is 0 Å². The molecule has 0 saturated carbocycles. The number of nitrogens with two attached hydrogens (primary N) is 1. The lowest BCUT2D eigenvalue weighted by Crippen LogP contribution is -3.00. The van der Waals surface area contributed by atoms with Gasteiger partial charge in [0.1, 0.15) is 6.04 Å². The van der Waals surface area contributed by atoms with Crippen molar-refractivity contribution in [1.82, 2.24) is 25.2 Å². The van der Waals surface area contributed by atoms with Crippen molar-refractivity contribution >= 4 is 5.91 Å². The van der Waals surface area contributed by atoms with Gasteiger partial charge in [0, 0.05) is 38.8 Å². The number of hydrogen-bond donors (Lipinski definition) is 3. The van der Waals surface area contributed by atoms with Crippen molar-refractivity contribution < 1.29 is 22.3 Å². The van der Waals surface area contributed by atoms with Gasteiger partial charge in [-0.15, -0.1) is 5.10 Å². The molecule has 1 fully saturated rings. The largest absolute Gasteiger partial charge is 1.00 e. The van der Waals surface area contributed by atoms with Crippen molar-refractivity contribution in [2.24, 2.45) is 5.73 Å². The Morgan fingerprint density at radius 3 is 2.75 bits per heavy atom. The zero-order valence-corrected chi connectivity index (χ0v) is 15.0. The summed E-state index contributed by atoms with van der Waals surface area (Å²) in [5.74, 6) is 0.0945. The Morgan fingerprint density at radius 2 is 2.12 bits per heavy atom. The number of rotatable bonds is 8. The molecule has 2 rings (SSSR count). The number of unbranched alkanes of at least 4 members (excludes halogenated alkanes) is 1. The van der Waals surface area contributed by atoms with Crippen LogP contribution in [0.5, 0.6) is 0 Å². The summed E-state index contributed by atoms with van der Waals surface area (Å²) in [5, 5.41) is 20.9. The van der Waals surface area contributed by atoms with Gasteiger partial charge in [0.25, 0.3) is 0 Å². The van der Waals surface area contributed by atoms with Crippen molar-refractivity contribution in [3.05, 3.63) is 11.9 Å². The second-order valence-electron chi connectivity index (χ2n) is 6.12. The normalized spacial score (nSPS) is 17.2. The molecule has 2 unspecified atom stereocenters. The van der Waals surface area contributed by atoms with E-state index in [4.69, 9.17) is 5.73 Å². The molecule has 1 amide bonds. The van der Waals surface area contributed by atoms with Crippen LogP contribution in [0.1, 0.15) is 37.9 Å². The highest BCUT2D eigenvalue weighted by Crippen LogP contribution is 2.18. The first-order valence-electron chi connectivity index (χ1n) is 8.40. The highest BCUT2D eigenvalue weighted by atomic mass is 35.5. The van der Waals surface area contributed by atoms with Crippen LogP contribution in [0.4, 0.5) is 0 Å². The van der Waals surface area contributed by atoms with Gasteiger partial charge in [0.05, 0.1) is 11.8 Å². The molecule has 24 heavy (non-hydrogen) atoms. The zero-order valence-electron chi connectivity index (χ0n) is 14.2. The van der Waals surface area contributed by atoms with Crippen LogP contribution in [-0.4, -0.2) is 69.7 Å². The molecule has 1 aromatic heterocycles. The summed E-state index contributed by atoms with van der Waals surface area (Å²) < 4.78 is 1.65. The molecule has 2 heterocycles. The third-order valence-electron chi connectivity index (χ3n) is 4.03. The lowest BCUT2D eigenvalue weighted by molar-refractivity contribution is -0.136. The molecule has 138 valence electrons. The first kappa shape index (κ1) is 20.8. The van der Waals surface area contributed by atoms with Gasteiger partial charge >= 0.3 is 0 Å². The van der Waals surface area contributed by atoms with Crippen LogP contribution in [0.25, 0.3) is 0 Å². The number of aliphatic hydroxyl groups excluding tert-OH is 1. The van der Waals surface area contributed by atoms with Crippen molar-refractivity contribution in [3.8, 4) is 0 Å². The number of hydrogen-bond acceptors (Lipinski definition) is 6. The minimum Gasteiger partial charge on any atom is -1.00 e. The number of aliphatic hydroxyl groups is 1. The molecule has 0 spiro atoms. The van der Waals surface area contributed by atoms with Crippen LogP contribution in [0, 0.1) is 0 Å². The van der Waals surface area contributed by atoms with E-state index in [0.717, 1.165) is 39.0 Å². The number of aromatic nitrogens is 3. The van der Waals surface area contributed by atoms with Crippen LogP contribution in [0.3, 0.4) is 0 Å². The van der Waals surface area contributed by atoms with E-state index in [2.05, 4.69) is 15.6 Å². The highest BCUT2D eigenvalue weighted by molar-refractivity contribution is 5.80. The Balaban J connectivity index is 0.00000288. The molecule has 0 radical (unpaired) electrons. The Morgan fingerprint density at radius 1 is 1.42 bits per heavy atom. The van der Waals surface area contributed by atoms with Crippen molar-refractivity contribution in [2.45, 2.75) is 44.8 Å². The first-order valence-corrected chi connectivity index (χ1v) is 8.40. The smallest absolute Gasteiger partial charge is 0.247 e. The predicted molar refractivity (Wildman–Crippen MR) is 86.8 cm³/mol. The van der Waals surface area contributed by atoms with Crippen LogP contribution in [0.2, 0.25) is 0 Å². The number of nitrogens with one attached hydrogen (secondary N) is 1. The van der Waals surface area contributed by atoms with Crippen molar-refractivity contribution in [2.75, 3.05) is 32.7 Å². The van der Waals surface area contributed by atoms with Crippen LogP contribution >= 0.6 is 0 Å². The molecule has 0 aliphatic carbocycles. The fourth-order valence-electron chi connectivity index (χ4n) is 2.81. The zero-order chi connectivity index (χ0) is 16.7. The second-order valence-corrected chi connectivity index (χ2v) is 6.12. The summed E-state index contributed by atoms with van der Waals surface area (Å²) >= 11 is 0. The topological polar surface area (TPSA) is 109 Å². The third kappa shape index (κ3) is 6.01.